The molecule has 0 spiro atoms. The first kappa shape index (κ1) is 17.3. The Morgan fingerprint density at radius 2 is 1.90 bits per heavy atom. The minimum atomic E-state index is -0.119. The molecule has 0 radical (unpaired) electrons. The molecule has 1 saturated heterocycles. The molecule has 0 bridgehead atoms. The third kappa shape index (κ3) is 3.08. The molecule has 2 aromatic carbocycles. The maximum Gasteiger partial charge on any atom is 0.256 e. The maximum absolute atomic E-state index is 13.4. The second-order valence-corrected chi connectivity index (χ2v) is 7.05. The van der Waals surface area contributed by atoms with Crippen LogP contribution in [0.1, 0.15) is 34.2 Å². The summed E-state index contributed by atoms with van der Waals surface area (Å²) in [4.78, 5) is 21.3. The SMILES string of the molecule is Cc1ccc(-n2nccn2)c(C(=O)N2CCC2c2nc(-c3ccccc3)n[nH]2)c1. The summed E-state index contributed by atoms with van der Waals surface area (Å²) in [7, 11) is 0. The van der Waals surface area contributed by atoms with Crippen molar-refractivity contribution < 1.29 is 4.79 Å². The average molecular weight is 385 g/mol. The first-order chi connectivity index (χ1) is 14.2. The Hall–Kier alpha value is -3.81. The Kier molecular flexibility index (Phi) is 4.16. The highest BCUT2D eigenvalue weighted by Crippen LogP contribution is 2.34. The highest BCUT2D eigenvalue weighted by molar-refractivity contribution is 5.98. The molecule has 0 saturated carbocycles. The predicted molar refractivity (Wildman–Crippen MR) is 106 cm³/mol. The molecule has 2 aromatic heterocycles. The van der Waals surface area contributed by atoms with Gasteiger partial charge in [-0.1, -0.05) is 42.0 Å². The summed E-state index contributed by atoms with van der Waals surface area (Å²) in [6.45, 7) is 2.64. The quantitative estimate of drug-likeness (QED) is 0.583. The Bertz CT molecular complexity index is 1150. The molecule has 4 aromatic rings. The van der Waals surface area contributed by atoms with Gasteiger partial charge in [-0.3, -0.25) is 9.89 Å². The normalized spacial score (nSPS) is 15.9. The number of aromatic amines is 1. The van der Waals surface area contributed by atoms with E-state index < -0.39 is 0 Å². The van der Waals surface area contributed by atoms with E-state index in [2.05, 4.69) is 25.4 Å². The van der Waals surface area contributed by atoms with Gasteiger partial charge >= 0.3 is 0 Å². The summed E-state index contributed by atoms with van der Waals surface area (Å²) in [6, 6.07) is 15.4. The van der Waals surface area contributed by atoms with Crippen LogP contribution in [0.4, 0.5) is 0 Å². The van der Waals surface area contributed by atoms with Crippen LogP contribution in [-0.4, -0.2) is 47.5 Å². The molecule has 1 aliphatic rings. The molecule has 1 amide bonds. The lowest BCUT2D eigenvalue weighted by Crippen LogP contribution is -2.46. The van der Waals surface area contributed by atoms with E-state index in [-0.39, 0.29) is 11.9 Å². The smallest absolute Gasteiger partial charge is 0.256 e. The molecule has 1 aliphatic heterocycles. The zero-order valence-corrected chi connectivity index (χ0v) is 15.9. The van der Waals surface area contributed by atoms with Gasteiger partial charge in [0.1, 0.15) is 5.82 Å². The number of H-pyrrole nitrogens is 1. The van der Waals surface area contributed by atoms with Gasteiger partial charge in [0.15, 0.2) is 5.82 Å². The van der Waals surface area contributed by atoms with Crippen molar-refractivity contribution in [3.63, 3.8) is 0 Å². The second-order valence-electron chi connectivity index (χ2n) is 7.05. The number of amides is 1. The lowest BCUT2D eigenvalue weighted by atomic mass is 9.99. The average Bonchev–Trinajstić information content (AvgIpc) is 3.40. The first-order valence-corrected chi connectivity index (χ1v) is 9.47. The molecular weight excluding hydrogens is 366 g/mol. The van der Waals surface area contributed by atoms with Gasteiger partial charge in [-0.05, 0) is 25.5 Å². The highest BCUT2D eigenvalue weighted by Gasteiger charge is 2.37. The van der Waals surface area contributed by atoms with E-state index >= 15 is 0 Å². The largest absolute Gasteiger partial charge is 0.328 e. The second kappa shape index (κ2) is 6.97. The summed E-state index contributed by atoms with van der Waals surface area (Å²) < 4.78 is 0. The van der Waals surface area contributed by atoms with Gasteiger partial charge < -0.3 is 4.90 Å². The zero-order valence-electron chi connectivity index (χ0n) is 15.9. The van der Waals surface area contributed by atoms with Crippen LogP contribution in [0.15, 0.2) is 60.9 Å². The van der Waals surface area contributed by atoms with Crippen molar-refractivity contribution in [2.75, 3.05) is 6.54 Å². The molecule has 3 heterocycles. The molecule has 8 heteroatoms. The van der Waals surface area contributed by atoms with E-state index in [1.165, 1.54) is 4.80 Å². The van der Waals surface area contributed by atoms with Crippen LogP contribution < -0.4 is 0 Å². The third-order valence-electron chi connectivity index (χ3n) is 5.15. The number of nitrogens with zero attached hydrogens (tertiary/aromatic N) is 6. The number of aromatic nitrogens is 6. The zero-order chi connectivity index (χ0) is 19.8. The third-order valence-corrected chi connectivity index (χ3v) is 5.15. The van der Waals surface area contributed by atoms with Gasteiger partial charge in [0.05, 0.1) is 29.7 Å². The van der Waals surface area contributed by atoms with Crippen LogP contribution in [0.5, 0.6) is 0 Å². The standard InChI is InChI=1S/C21H19N7O/c1-14-7-8-17(28-22-10-11-23-28)16(13-14)21(29)27-12-9-18(27)20-24-19(25-26-20)15-5-3-2-4-6-15/h2-8,10-11,13,18H,9,12H2,1H3,(H,24,25,26). The number of likely N-dealkylation sites (tertiary alicyclic amines) is 1. The fourth-order valence-corrected chi connectivity index (χ4v) is 3.54. The van der Waals surface area contributed by atoms with Gasteiger partial charge in [0.2, 0.25) is 0 Å². The van der Waals surface area contributed by atoms with E-state index in [4.69, 9.17) is 0 Å². The van der Waals surface area contributed by atoms with E-state index in [9.17, 15) is 4.79 Å². The molecule has 1 fully saturated rings. The maximum atomic E-state index is 13.4. The lowest BCUT2D eigenvalue weighted by Gasteiger charge is -2.39. The molecule has 5 rings (SSSR count). The minimum absolute atomic E-state index is 0.0603. The van der Waals surface area contributed by atoms with Crippen molar-refractivity contribution in [3.05, 3.63) is 77.9 Å². The fourth-order valence-electron chi connectivity index (χ4n) is 3.54. The monoisotopic (exact) mass is 385 g/mol. The molecule has 144 valence electrons. The van der Waals surface area contributed by atoms with Gasteiger partial charge in [-0.25, -0.2) is 4.98 Å². The lowest BCUT2D eigenvalue weighted by molar-refractivity contribution is 0.0441. The van der Waals surface area contributed by atoms with Gasteiger partial charge in [0.25, 0.3) is 5.91 Å². The molecular formula is C21H19N7O. The Balaban J connectivity index is 1.44. The predicted octanol–water partition coefficient (Wildman–Crippen LogP) is 2.95. The molecule has 0 aliphatic carbocycles. The number of rotatable bonds is 4. The Morgan fingerprint density at radius 1 is 1.10 bits per heavy atom. The van der Waals surface area contributed by atoms with Crippen molar-refractivity contribution in [2.45, 2.75) is 19.4 Å². The van der Waals surface area contributed by atoms with Crippen molar-refractivity contribution in [3.8, 4) is 17.1 Å². The van der Waals surface area contributed by atoms with Gasteiger partial charge in [-0.2, -0.15) is 20.1 Å². The fraction of sp³-hybridized carbons (Fsp3) is 0.190. The molecule has 1 unspecified atom stereocenters. The van der Waals surface area contributed by atoms with Crippen molar-refractivity contribution >= 4 is 5.91 Å². The summed E-state index contributed by atoms with van der Waals surface area (Å²) in [5.41, 5.74) is 3.19. The minimum Gasteiger partial charge on any atom is -0.328 e. The van der Waals surface area contributed by atoms with Crippen molar-refractivity contribution in [2.24, 2.45) is 0 Å². The van der Waals surface area contributed by atoms with Crippen molar-refractivity contribution in [1.29, 1.82) is 0 Å². The number of hydrogen-bond acceptors (Lipinski definition) is 5. The summed E-state index contributed by atoms with van der Waals surface area (Å²) in [6.07, 6.45) is 4.04. The summed E-state index contributed by atoms with van der Waals surface area (Å²) in [5, 5.41) is 15.7. The molecule has 1 N–H and O–H groups in total. The number of hydrogen-bond donors (Lipinski definition) is 1. The van der Waals surface area contributed by atoms with E-state index in [0.29, 0.717) is 29.4 Å². The van der Waals surface area contributed by atoms with Crippen LogP contribution in [0.3, 0.4) is 0 Å². The van der Waals surface area contributed by atoms with Crippen LogP contribution in [0.25, 0.3) is 17.1 Å². The van der Waals surface area contributed by atoms with Crippen LogP contribution in [-0.2, 0) is 0 Å². The first-order valence-electron chi connectivity index (χ1n) is 9.47. The topological polar surface area (TPSA) is 92.6 Å². The van der Waals surface area contributed by atoms with E-state index in [1.54, 1.807) is 12.4 Å². The Morgan fingerprint density at radius 3 is 2.62 bits per heavy atom. The van der Waals surface area contributed by atoms with Crippen molar-refractivity contribution in [1.82, 2.24) is 35.1 Å². The van der Waals surface area contributed by atoms with Gasteiger partial charge in [0, 0.05) is 12.1 Å². The number of carbonyl (C=O) groups is 1. The summed E-state index contributed by atoms with van der Waals surface area (Å²) >= 11 is 0. The van der Waals surface area contributed by atoms with Crippen LogP contribution >= 0.6 is 0 Å². The Labute approximate surface area is 167 Å². The van der Waals surface area contributed by atoms with E-state index in [0.717, 1.165) is 17.5 Å². The van der Waals surface area contributed by atoms with Gasteiger partial charge in [-0.15, -0.1) is 0 Å². The molecule has 29 heavy (non-hydrogen) atoms. The number of benzene rings is 2. The number of aryl methyl sites for hydroxylation is 1. The van der Waals surface area contributed by atoms with Crippen LogP contribution in [0.2, 0.25) is 0 Å². The number of carbonyl (C=O) groups excluding carboxylic acids is 1. The van der Waals surface area contributed by atoms with Crippen LogP contribution in [0, 0.1) is 6.92 Å². The van der Waals surface area contributed by atoms with E-state index in [1.807, 2.05) is 60.4 Å². The number of nitrogens with one attached hydrogen (secondary N) is 1. The molecule has 1 atom stereocenters. The summed E-state index contributed by atoms with van der Waals surface area (Å²) in [5.74, 6) is 1.28. The highest BCUT2D eigenvalue weighted by atomic mass is 16.2. The molecule has 8 nitrogen and oxygen atoms in total.